The molecule has 0 unspecified atom stereocenters. The first-order valence-electron chi connectivity index (χ1n) is 10.1. The Balaban J connectivity index is 1.60. The van der Waals surface area contributed by atoms with Gasteiger partial charge in [0.1, 0.15) is 17.1 Å². The number of fused-ring (bicyclic) bond motifs is 1. The largest absolute Gasteiger partial charge is 0.484 e. The Morgan fingerprint density at radius 1 is 1.16 bits per heavy atom. The van der Waals surface area contributed by atoms with E-state index in [0.29, 0.717) is 17.0 Å². The molecule has 0 bridgehead atoms. The lowest BCUT2D eigenvalue weighted by Crippen LogP contribution is -2.37. The number of halogens is 2. The van der Waals surface area contributed by atoms with Crippen molar-refractivity contribution in [2.24, 2.45) is 0 Å². The van der Waals surface area contributed by atoms with Crippen LogP contribution in [0.4, 0.5) is 13.9 Å². The molecule has 0 atom stereocenters. The lowest BCUT2D eigenvalue weighted by molar-refractivity contribution is -0.120. The summed E-state index contributed by atoms with van der Waals surface area (Å²) in [6, 6.07) is 11.3. The molecule has 2 heterocycles. The van der Waals surface area contributed by atoms with Gasteiger partial charge in [-0.3, -0.25) is 14.4 Å². The van der Waals surface area contributed by atoms with Gasteiger partial charge < -0.3 is 4.74 Å². The number of rotatable bonds is 7. The second-order valence-electron chi connectivity index (χ2n) is 7.53. The molecule has 4 aromatic rings. The van der Waals surface area contributed by atoms with Crippen molar-refractivity contribution < 1.29 is 18.3 Å². The van der Waals surface area contributed by atoms with Gasteiger partial charge in [-0.2, -0.15) is 5.10 Å². The smallest absolute Gasteiger partial charge is 0.266 e. The number of ether oxygens (including phenoxy) is 1. The minimum atomic E-state index is -0.760. The van der Waals surface area contributed by atoms with E-state index in [9.17, 15) is 13.6 Å². The molecule has 0 aliphatic rings. The van der Waals surface area contributed by atoms with Gasteiger partial charge in [-0.1, -0.05) is 23.5 Å². The zero-order chi connectivity index (χ0) is 22.8. The van der Waals surface area contributed by atoms with E-state index in [2.05, 4.69) is 10.1 Å². The van der Waals surface area contributed by atoms with Crippen molar-refractivity contribution in [1.29, 1.82) is 0 Å². The Bertz CT molecular complexity index is 1280. The second kappa shape index (κ2) is 9.04. The number of nitrogens with zero attached hydrogens (tertiary/aromatic N) is 4. The van der Waals surface area contributed by atoms with Gasteiger partial charge in [-0.25, -0.2) is 13.8 Å². The fourth-order valence-corrected chi connectivity index (χ4v) is 4.46. The zero-order valence-electron chi connectivity index (χ0n) is 17.9. The summed E-state index contributed by atoms with van der Waals surface area (Å²) in [5.74, 6) is -1.21. The molecule has 9 heteroatoms. The van der Waals surface area contributed by atoms with Crippen LogP contribution in [-0.2, 0) is 11.3 Å². The van der Waals surface area contributed by atoms with Crippen LogP contribution >= 0.6 is 11.3 Å². The summed E-state index contributed by atoms with van der Waals surface area (Å²) in [6.45, 7) is 6.22. The van der Waals surface area contributed by atoms with E-state index in [1.807, 2.05) is 45.0 Å². The van der Waals surface area contributed by atoms with E-state index in [1.54, 1.807) is 10.7 Å². The van der Waals surface area contributed by atoms with Gasteiger partial charge in [0.2, 0.25) is 0 Å². The third-order valence-corrected chi connectivity index (χ3v) is 5.95. The van der Waals surface area contributed by atoms with E-state index < -0.39 is 11.6 Å². The van der Waals surface area contributed by atoms with Crippen LogP contribution in [0.25, 0.3) is 10.2 Å². The Morgan fingerprint density at radius 2 is 1.97 bits per heavy atom. The van der Waals surface area contributed by atoms with Crippen molar-refractivity contribution in [2.45, 2.75) is 27.3 Å². The van der Waals surface area contributed by atoms with Gasteiger partial charge in [0.05, 0.1) is 16.9 Å². The molecule has 2 aromatic heterocycles. The molecule has 166 valence electrons. The maximum atomic E-state index is 14.2. The van der Waals surface area contributed by atoms with E-state index in [-0.39, 0.29) is 29.7 Å². The number of carbonyl (C=O) groups is 1. The third kappa shape index (κ3) is 4.77. The summed E-state index contributed by atoms with van der Waals surface area (Å²) in [5, 5.41) is 4.71. The lowest BCUT2D eigenvalue weighted by Gasteiger charge is -2.20. The molecule has 0 fully saturated rings. The number of carbonyl (C=O) groups excluding carboxylic acids is 1. The molecular weight excluding hydrogens is 434 g/mol. The highest BCUT2D eigenvalue weighted by Crippen LogP contribution is 2.31. The Morgan fingerprint density at radius 3 is 2.69 bits per heavy atom. The number of aryl methyl sites for hydroxylation is 3. The van der Waals surface area contributed by atoms with Crippen LogP contribution in [0.1, 0.15) is 17.0 Å². The molecule has 4 rings (SSSR count). The third-order valence-electron chi connectivity index (χ3n) is 4.92. The molecule has 0 spiro atoms. The molecular formula is C23H22F2N4O2S. The van der Waals surface area contributed by atoms with Gasteiger partial charge in [0.25, 0.3) is 5.91 Å². The standard InChI is InChI=1S/C23H22F2N4O2S/c1-14-5-4-6-18(9-14)31-13-21(30)28(7-8-29-16(3)10-15(2)27-29)23-26-22-19(25)11-17(24)12-20(22)32-23/h4-6,9-12H,7-8,13H2,1-3H3. The van der Waals surface area contributed by atoms with Crippen LogP contribution < -0.4 is 9.64 Å². The van der Waals surface area contributed by atoms with Crippen molar-refractivity contribution in [1.82, 2.24) is 14.8 Å². The molecule has 2 aromatic carbocycles. The first-order chi connectivity index (χ1) is 15.3. The normalized spacial score (nSPS) is 11.2. The average molecular weight is 457 g/mol. The first-order valence-corrected chi connectivity index (χ1v) is 10.9. The van der Waals surface area contributed by atoms with Crippen LogP contribution in [-0.4, -0.2) is 33.8 Å². The number of amides is 1. The summed E-state index contributed by atoms with van der Waals surface area (Å²) >= 11 is 1.06. The zero-order valence-corrected chi connectivity index (χ0v) is 18.7. The highest BCUT2D eigenvalue weighted by Gasteiger charge is 2.22. The summed E-state index contributed by atoms with van der Waals surface area (Å²) in [4.78, 5) is 18.8. The van der Waals surface area contributed by atoms with Gasteiger partial charge in [0, 0.05) is 18.3 Å². The number of hydrogen-bond donors (Lipinski definition) is 0. The number of benzene rings is 2. The summed E-state index contributed by atoms with van der Waals surface area (Å²) in [6.07, 6.45) is 0. The Labute approximate surface area is 188 Å². The molecule has 0 N–H and O–H groups in total. The first kappa shape index (κ1) is 21.9. The number of aromatic nitrogens is 3. The number of hydrogen-bond acceptors (Lipinski definition) is 5. The van der Waals surface area contributed by atoms with Crippen molar-refractivity contribution in [3.05, 3.63) is 71.1 Å². The SMILES string of the molecule is Cc1cccc(OCC(=O)N(CCn2nc(C)cc2C)c2nc3c(F)cc(F)cc3s2)c1. The van der Waals surface area contributed by atoms with Crippen LogP contribution in [0.3, 0.4) is 0 Å². The predicted octanol–water partition coefficient (Wildman–Crippen LogP) is 4.81. The fourth-order valence-electron chi connectivity index (χ4n) is 3.41. The summed E-state index contributed by atoms with van der Waals surface area (Å²) in [7, 11) is 0. The Hall–Kier alpha value is -3.33. The maximum absolute atomic E-state index is 14.2. The highest BCUT2D eigenvalue weighted by atomic mass is 32.1. The van der Waals surface area contributed by atoms with Gasteiger partial charge in [0.15, 0.2) is 17.6 Å². The van der Waals surface area contributed by atoms with E-state index in [1.165, 1.54) is 11.0 Å². The molecule has 32 heavy (non-hydrogen) atoms. The number of thiazole rings is 1. The monoisotopic (exact) mass is 456 g/mol. The molecule has 0 aliphatic carbocycles. The van der Waals surface area contributed by atoms with Crippen LogP contribution in [0.15, 0.2) is 42.5 Å². The van der Waals surface area contributed by atoms with Crippen molar-refractivity contribution >= 4 is 32.6 Å². The van der Waals surface area contributed by atoms with Crippen molar-refractivity contribution in [2.75, 3.05) is 18.1 Å². The van der Waals surface area contributed by atoms with Crippen molar-refractivity contribution in [3.8, 4) is 5.75 Å². The molecule has 0 saturated carbocycles. The average Bonchev–Trinajstić information content (AvgIpc) is 3.29. The maximum Gasteiger partial charge on any atom is 0.266 e. The van der Waals surface area contributed by atoms with Crippen LogP contribution in [0, 0.1) is 32.4 Å². The quantitative estimate of drug-likeness (QED) is 0.401. The highest BCUT2D eigenvalue weighted by molar-refractivity contribution is 7.22. The summed E-state index contributed by atoms with van der Waals surface area (Å²) in [5.41, 5.74) is 2.89. The topological polar surface area (TPSA) is 60.2 Å². The fraction of sp³-hybridized carbons (Fsp3) is 0.261. The van der Waals surface area contributed by atoms with E-state index >= 15 is 0 Å². The number of anilines is 1. The van der Waals surface area contributed by atoms with Crippen LogP contribution in [0.2, 0.25) is 0 Å². The molecule has 1 amide bonds. The minimum Gasteiger partial charge on any atom is -0.484 e. The van der Waals surface area contributed by atoms with E-state index in [0.717, 1.165) is 34.4 Å². The lowest BCUT2D eigenvalue weighted by atomic mass is 10.2. The van der Waals surface area contributed by atoms with Gasteiger partial charge >= 0.3 is 0 Å². The van der Waals surface area contributed by atoms with Gasteiger partial charge in [-0.05, 0) is 50.6 Å². The molecule has 6 nitrogen and oxygen atoms in total. The van der Waals surface area contributed by atoms with Crippen molar-refractivity contribution in [3.63, 3.8) is 0 Å². The molecule has 0 aliphatic heterocycles. The second-order valence-corrected chi connectivity index (χ2v) is 8.54. The molecule has 0 radical (unpaired) electrons. The molecule has 0 saturated heterocycles. The van der Waals surface area contributed by atoms with Gasteiger partial charge in [-0.15, -0.1) is 0 Å². The summed E-state index contributed by atoms with van der Waals surface area (Å²) < 4.78 is 35.7. The predicted molar refractivity (Wildman–Crippen MR) is 120 cm³/mol. The Kier molecular flexibility index (Phi) is 6.18. The minimum absolute atomic E-state index is 0.0370. The van der Waals surface area contributed by atoms with E-state index in [4.69, 9.17) is 4.74 Å². The van der Waals surface area contributed by atoms with Crippen LogP contribution in [0.5, 0.6) is 5.75 Å².